The number of carboxylic acids is 2. The molecular weight excluding hydrogens is 340 g/mol. The summed E-state index contributed by atoms with van der Waals surface area (Å²) in [5, 5.41) is 20.7. The van der Waals surface area contributed by atoms with Crippen LogP contribution in [0.1, 0.15) is 0 Å². The first-order valence-electron chi connectivity index (χ1n) is 5.95. The molecule has 0 aromatic rings. The van der Waals surface area contributed by atoms with Crippen LogP contribution in [0.3, 0.4) is 0 Å². The number of rotatable bonds is 1. The van der Waals surface area contributed by atoms with Crippen molar-refractivity contribution in [1.29, 1.82) is 0 Å². The Morgan fingerprint density at radius 3 is 1.57 bits per heavy atom. The van der Waals surface area contributed by atoms with Gasteiger partial charge in [-0.1, -0.05) is 0 Å². The van der Waals surface area contributed by atoms with E-state index < -0.39 is 24.3 Å². The summed E-state index contributed by atoms with van der Waals surface area (Å²) >= 11 is 0. The van der Waals surface area contributed by atoms with E-state index in [0.717, 1.165) is 26.2 Å². The van der Waals surface area contributed by atoms with Crippen LogP contribution in [-0.4, -0.2) is 66.5 Å². The van der Waals surface area contributed by atoms with Crippen LogP contribution in [0.4, 0.5) is 26.3 Å². The average Bonchev–Trinajstić information content (AvgIpc) is 2.79. The highest BCUT2D eigenvalue weighted by Gasteiger charge is 2.38. The molecular formula is C10H13F6N3O4. The summed E-state index contributed by atoms with van der Waals surface area (Å²) in [6.07, 6.45) is -10.2. The minimum atomic E-state index is -5.08. The molecule has 23 heavy (non-hydrogen) atoms. The summed E-state index contributed by atoms with van der Waals surface area (Å²) in [4.78, 5) is 22.1. The first-order valence-corrected chi connectivity index (χ1v) is 5.95. The van der Waals surface area contributed by atoms with Crippen LogP contribution in [0.15, 0.2) is 4.99 Å². The number of carbonyl (C=O) groups is 2. The van der Waals surface area contributed by atoms with E-state index >= 15 is 0 Å². The lowest BCUT2D eigenvalue weighted by Gasteiger charge is -2.26. The Labute approximate surface area is 125 Å². The van der Waals surface area contributed by atoms with Crippen LogP contribution < -0.4 is 10.6 Å². The summed E-state index contributed by atoms with van der Waals surface area (Å²) in [5.41, 5.74) is 0. The summed E-state index contributed by atoms with van der Waals surface area (Å²) in [7, 11) is 0. The molecule has 4 N–H and O–H groups in total. The summed E-state index contributed by atoms with van der Waals surface area (Å²) in [5.74, 6) is -3.58. The number of hydrogen-bond donors (Lipinski definition) is 4. The fourth-order valence-corrected chi connectivity index (χ4v) is 1.17. The van der Waals surface area contributed by atoms with Crippen molar-refractivity contribution in [2.24, 2.45) is 10.9 Å². The van der Waals surface area contributed by atoms with Crippen LogP contribution in [-0.2, 0) is 9.59 Å². The van der Waals surface area contributed by atoms with Crippen molar-refractivity contribution in [1.82, 2.24) is 10.6 Å². The average molecular weight is 353 g/mol. The summed E-state index contributed by atoms with van der Waals surface area (Å²) in [6.45, 7) is 4.26. The molecule has 1 saturated heterocycles. The lowest BCUT2D eigenvalue weighted by molar-refractivity contribution is -0.193. The molecule has 0 unspecified atom stereocenters. The van der Waals surface area contributed by atoms with Crippen LogP contribution in [0, 0.1) is 5.92 Å². The number of nitrogens with zero attached hydrogens (tertiary/aromatic N) is 1. The highest BCUT2D eigenvalue weighted by atomic mass is 19.4. The third-order valence-corrected chi connectivity index (χ3v) is 2.35. The number of carboxylic acid groups (broad SMARTS) is 2. The van der Waals surface area contributed by atoms with E-state index in [4.69, 9.17) is 19.8 Å². The number of halogens is 6. The van der Waals surface area contributed by atoms with Crippen LogP contribution in [0.25, 0.3) is 0 Å². The molecule has 0 amide bonds. The van der Waals surface area contributed by atoms with Crippen LogP contribution in [0.5, 0.6) is 0 Å². The van der Waals surface area contributed by atoms with Crippen molar-refractivity contribution < 1.29 is 46.1 Å². The number of aliphatic imine (C=N–C) groups is 1. The Balaban J connectivity index is 0.000000322. The molecule has 0 atom stereocenters. The van der Waals surface area contributed by atoms with Gasteiger partial charge in [-0.05, 0) is 0 Å². The molecule has 7 nitrogen and oxygen atoms in total. The maximum Gasteiger partial charge on any atom is 0.490 e. The van der Waals surface area contributed by atoms with Gasteiger partial charge in [-0.2, -0.15) is 26.3 Å². The molecule has 0 saturated carbocycles. The minimum absolute atomic E-state index is 0.701. The largest absolute Gasteiger partial charge is 0.490 e. The molecule has 0 aromatic carbocycles. The Morgan fingerprint density at radius 2 is 1.39 bits per heavy atom. The van der Waals surface area contributed by atoms with Crippen molar-refractivity contribution in [3.63, 3.8) is 0 Å². The molecule has 134 valence electrons. The first kappa shape index (κ1) is 20.9. The highest BCUT2D eigenvalue weighted by Crippen LogP contribution is 2.13. The number of amidine groups is 1. The third-order valence-electron chi connectivity index (χ3n) is 2.35. The molecule has 13 heteroatoms. The molecule has 2 rings (SSSR count). The van der Waals surface area contributed by atoms with Crippen molar-refractivity contribution >= 4 is 17.8 Å². The number of alkyl halides is 6. The zero-order valence-electron chi connectivity index (χ0n) is 11.3. The van der Waals surface area contributed by atoms with E-state index in [9.17, 15) is 26.3 Å². The fourth-order valence-electron chi connectivity index (χ4n) is 1.17. The second-order valence-electron chi connectivity index (χ2n) is 4.15. The quantitative estimate of drug-likeness (QED) is 0.510. The Bertz CT molecular complexity index is 421. The molecule has 0 spiro atoms. The van der Waals surface area contributed by atoms with E-state index in [-0.39, 0.29) is 0 Å². The second-order valence-corrected chi connectivity index (χ2v) is 4.15. The number of aliphatic carboxylic acids is 2. The van der Waals surface area contributed by atoms with Crippen LogP contribution in [0.2, 0.25) is 0 Å². The van der Waals surface area contributed by atoms with E-state index in [1.165, 1.54) is 5.84 Å². The van der Waals surface area contributed by atoms with Gasteiger partial charge in [0.25, 0.3) is 0 Å². The maximum atomic E-state index is 10.6. The third kappa shape index (κ3) is 8.85. The monoisotopic (exact) mass is 353 g/mol. The number of nitrogens with one attached hydrogen (secondary N) is 2. The molecule has 2 aliphatic rings. The Hall–Kier alpha value is -2.05. The van der Waals surface area contributed by atoms with Crippen LogP contribution >= 0.6 is 0 Å². The standard InChI is InChI=1S/C6H11N3.2C2HF3O2/c1-2-9-6(8-1)5-3-7-4-5;2*3-2(4,5)1(6)7/h5,7H,1-4H2,(H,8,9);2*(H,6,7). The van der Waals surface area contributed by atoms with E-state index in [1.54, 1.807) is 0 Å². The zero-order chi connectivity index (χ0) is 18.3. The van der Waals surface area contributed by atoms with Crippen molar-refractivity contribution in [3.05, 3.63) is 0 Å². The van der Waals surface area contributed by atoms with Gasteiger partial charge in [0.1, 0.15) is 5.84 Å². The van der Waals surface area contributed by atoms with Gasteiger partial charge in [0, 0.05) is 25.6 Å². The maximum absolute atomic E-state index is 10.6. The van der Waals surface area contributed by atoms with Gasteiger partial charge < -0.3 is 20.8 Å². The van der Waals surface area contributed by atoms with Gasteiger partial charge in [-0.15, -0.1) is 0 Å². The van der Waals surface area contributed by atoms with Crippen molar-refractivity contribution in [2.45, 2.75) is 12.4 Å². The molecule has 2 heterocycles. The van der Waals surface area contributed by atoms with Crippen molar-refractivity contribution in [3.8, 4) is 0 Å². The Kier molecular flexibility index (Phi) is 7.79. The van der Waals surface area contributed by atoms with E-state index in [1.807, 2.05) is 0 Å². The molecule has 2 aliphatic heterocycles. The van der Waals surface area contributed by atoms with Gasteiger partial charge in [-0.3, -0.25) is 4.99 Å². The van der Waals surface area contributed by atoms with Gasteiger partial charge >= 0.3 is 24.3 Å². The predicted octanol–water partition coefficient (Wildman–Crippen LogP) is 0.474. The lowest BCUT2D eigenvalue weighted by Crippen LogP contribution is -2.49. The molecule has 0 aliphatic carbocycles. The molecule has 1 fully saturated rings. The Morgan fingerprint density at radius 1 is 1.00 bits per heavy atom. The predicted molar refractivity (Wildman–Crippen MR) is 64.0 cm³/mol. The minimum Gasteiger partial charge on any atom is -0.475 e. The molecule has 0 bridgehead atoms. The first-order chi connectivity index (χ1) is 10.4. The number of hydrogen-bond acceptors (Lipinski definition) is 5. The second kappa shape index (κ2) is 8.55. The molecule has 0 radical (unpaired) electrons. The SMILES string of the molecule is C1CNC(C2CNC2)=N1.O=C(O)C(F)(F)F.O=C(O)C(F)(F)F. The molecule has 0 aromatic heterocycles. The van der Waals surface area contributed by atoms with E-state index in [0.29, 0.717) is 5.92 Å². The van der Waals surface area contributed by atoms with Gasteiger partial charge in [0.05, 0.1) is 6.54 Å². The van der Waals surface area contributed by atoms with Crippen molar-refractivity contribution in [2.75, 3.05) is 26.2 Å². The summed E-state index contributed by atoms with van der Waals surface area (Å²) in [6, 6.07) is 0. The normalized spacial score (nSPS) is 17.4. The fraction of sp³-hybridized carbons (Fsp3) is 0.700. The van der Waals surface area contributed by atoms with Gasteiger partial charge in [-0.25, -0.2) is 9.59 Å². The summed E-state index contributed by atoms with van der Waals surface area (Å²) < 4.78 is 63.5. The smallest absolute Gasteiger partial charge is 0.475 e. The lowest BCUT2D eigenvalue weighted by atomic mass is 10.0. The van der Waals surface area contributed by atoms with E-state index in [2.05, 4.69) is 15.6 Å². The highest BCUT2D eigenvalue weighted by molar-refractivity contribution is 5.87. The zero-order valence-corrected chi connectivity index (χ0v) is 11.3. The topological polar surface area (TPSA) is 111 Å². The van der Waals surface area contributed by atoms with Gasteiger partial charge in [0.15, 0.2) is 0 Å². The van der Waals surface area contributed by atoms with Gasteiger partial charge in [0.2, 0.25) is 0 Å².